The minimum absolute atomic E-state index is 0.0814. The van der Waals surface area contributed by atoms with E-state index in [4.69, 9.17) is 28.6 Å². The van der Waals surface area contributed by atoms with E-state index >= 15 is 0 Å². The molecule has 0 saturated carbocycles. The molecule has 0 spiro atoms. The highest BCUT2D eigenvalue weighted by Gasteiger charge is 2.52. The molecule has 2 saturated heterocycles. The average Bonchev–Trinajstić information content (AvgIpc) is 3.13. The summed E-state index contributed by atoms with van der Waals surface area (Å²) in [6.07, 6.45) is 2.09. The lowest BCUT2D eigenvalue weighted by atomic mass is 10.1. The van der Waals surface area contributed by atoms with Crippen LogP contribution in [0.3, 0.4) is 0 Å². The number of nitrogens with zero attached hydrogens (tertiary/aromatic N) is 2. The normalized spacial score (nSPS) is 22.4. The zero-order chi connectivity index (χ0) is 21.5. The molecule has 2 unspecified atom stereocenters. The van der Waals surface area contributed by atoms with Crippen LogP contribution in [0, 0.1) is 6.92 Å². The summed E-state index contributed by atoms with van der Waals surface area (Å²) in [5.41, 5.74) is 2.66. The summed E-state index contributed by atoms with van der Waals surface area (Å²) in [5, 5.41) is 1.24. The SMILES string of the molecule is CCCCOc1ccc(N2C(=S)N(c3ccc(C)c(Cl)c3)C3CS(=O)(=O)CC32)cc1. The molecule has 0 radical (unpaired) electrons. The Hall–Kier alpha value is -1.83. The van der Waals surface area contributed by atoms with Crippen molar-refractivity contribution in [2.45, 2.75) is 38.8 Å². The van der Waals surface area contributed by atoms with E-state index in [1.807, 2.05) is 59.2 Å². The number of ether oxygens (including phenoxy) is 1. The fraction of sp³-hybridized carbons (Fsp3) is 0.409. The Morgan fingerprint density at radius 2 is 1.67 bits per heavy atom. The monoisotopic (exact) mass is 464 g/mol. The largest absolute Gasteiger partial charge is 0.494 e. The minimum Gasteiger partial charge on any atom is -0.494 e. The first-order valence-corrected chi connectivity index (χ1v) is 12.7. The number of unbranched alkanes of at least 4 members (excludes halogenated alkanes) is 1. The number of aryl methyl sites for hydroxylation is 1. The molecular formula is C22H25ClN2O3S2. The molecule has 0 bridgehead atoms. The molecule has 4 rings (SSSR count). The first-order valence-electron chi connectivity index (χ1n) is 10.1. The Labute approximate surface area is 188 Å². The summed E-state index contributed by atoms with van der Waals surface area (Å²) in [6, 6.07) is 13.0. The van der Waals surface area contributed by atoms with E-state index in [0.717, 1.165) is 35.5 Å². The molecule has 2 heterocycles. The maximum absolute atomic E-state index is 12.5. The Bertz CT molecular complexity index is 1060. The van der Waals surface area contributed by atoms with Crippen LogP contribution >= 0.6 is 23.8 Å². The maximum atomic E-state index is 12.5. The topological polar surface area (TPSA) is 49.9 Å². The second-order valence-corrected chi connectivity index (χ2v) is 10.8. The van der Waals surface area contributed by atoms with Gasteiger partial charge < -0.3 is 14.5 Å². The number of anilines is 2. The van der Waals surface area contributed by atoms with Gasteiger partial charge >= 0.3 is 0 Å². The van der Waals surface area contributed by atoms with Gasteiger partial charge in [0.15, 0.2) is 14.9 Å². The van der Waals surface area contributed by atoms with Crippen LogP contribution in [0.15, 0.2) is 42.5 Å². The highest BCUT2D eigenvalue weighted by atomic mass is 35.5. The number of fused-ring (bicyclic) bond motifs is 1. The van der Waals surface area contributed by atoms with Gasteiger partial charge in [-0.15, -0.1) is 0 Å². The third-order valence-corrected chi connectivity index (χ3v) is 8.18. The quantitative estimate of drug-likeness (QED) is 0.460. The second kappa shape index (κ2) is 8.36. The Balaban J connectivity index is 1.66. The van der Waals surface area contributed by atoms with Gasteiger partial charge in [-0.2, -0.15) is 0 Å². The summed E-state index contributed by atoms with van der Waals surface area (Å²) in [6.45, 7) is 4.75. The smallest absolute Gasteiger partial charge is 0.181 e. The lowest BCUT2D eigenvalue weighted by molar-refractivity contribution is 0.309. The van der Waals surface area contributed by atoms with Crippen molar-refractivity contribution >= 4 is 50.1 Å². The van der Waals surface area contributed by atoms with Gasteiger partial charge in [0.1, 0.15) is 5.75 Å². The van der Waals surface area contributed by atoms with Crippen molar-refractivity contribution in [1.29, 1.82) is 0 Å². The molecule has 30 heavy (non-hydrogen) atoms. The summed E-state index contributed by atoms with van der Waals surface area (Å²) in [7, 11) is -3.15. The van der Waals surface area contributed by atoms with Gasteiger partial charge in [0.05, 0.1) is 30.2 Å². The van der Waals surface area contributed by atoms with Crippen molar-refractivity contribution in [1.82, 2.24) is 0 Å². The standard InChI is InChI=1S/C22H25ClN2O3S2/c1-3-4-11-28-18-9-7-16(8-10-18)24-20-13-30(26,27)14-21(20)25(22(24)29)17-6-5-15(2)19(23)12-17/h5-10,12,20-21H,3-4,11,13-14H2,1-2H3. The molecule has 0 amide bonds. The summed E-state index contributed by atoms with van der Waals surface area (Å²) < 4.78 is 30.7. The van der Waals surface area contributed by atoms with E-state index < -0.39 is 9.84 Å². The number of rotatable bonds is 6. The van der Waals surface area contributed by atoms with Crippen molar-refractivity contribution in [3.8, 4) is 5.75 Å². The van der Waals surface area contributed by atoms with Crippen LogP contribution in [0.2, 0.25) is 5.02 Å². The zero-order valence-corrected chi connectivity index (χ0v) is 19.4. The summed E-state index contributed by atoms with van der Waals surface area (Å²) in [5.74, 6) is 0.968. The third kappa shape index (κ3) is 4.03. The van der Waals surface area contributed by atoms with Crippen LogP contribution in [0.4, 0.5) is 11.4 Å². The van der Waals surface area contributed by atoms with Gasteiger partial charge in [-0.1, -0.05) is 31.0 Å². The number of benzene rings is 2. The molecule has 2 aromatic carbocycles. The molecule has 2 aromatic rings. The molecular weight excluding hydrogens is 440 g/mol. The fourth-order valence-electron chi connectivity index (χ4n) is 4.08. The molecule has 0 aromatic heterocycles. The summed E-state index contributed by atoms with van der Waals surface area (Å²) in [4.78, 5) is 3.91. The van der Waals surface area contributed by atoms with Crippen LogP contribution in [0.1, 0.15) is 25.3 Å². The average molecular weight is 465 g/mol. The zero-order valence-electron chi connectivity index (χ0n) is 17.0. The number of sulfone groups is 1. The van der Waals surface area contributed by atoms with E-state index in [1.54, 1.807) is 0 Å². The van der Waals surface area contributed by atoms with Crippen LogP contribution in [-0.4, -0.2) is 43.7 Å². The van der Waals surface area contributed by atoms with E-state index in [2.05, 4.69) is 6.92 Å². The molecule has 160 valence electrons. The van der Waals surface area contributed by atoms with E-state index in [9.17, 15) is 8.42 Å². The van der Waals surface area contributed by atoms with Crippen molar-refractivity contribution in [3.63, 3.8) is 0 Å². The van der Waals surface area contributed by atoms with Crippen LogP contribution in [-0.2, 0) is 9.84 Å². The molecule has 8 heteroatoms. The highest BCUT2D eigenvalue weighted by molar-refractivity contribution is 7.91. The molecule has 0 aliphatic carbocycles. The lowest BCUT2D eigenvalue weighted by Crippen LogP contribution is -2.37. The Morgan fingerprint density at radius 3 is 2.27 bits per heavy atom. The fourth-order valence-corrected chi connectivity index (χ4v) is 6.65. The Kier molecular flexibility index (Phi) is 5.97. The Morgan fingerprint density at radius 1 is 1.07 bits per heavy atom. The third-order valence-electron chi connectivity index (χ3n) is 5.68. The summed E-state index contributed by atoms with van der Waals surface area (Å²) >= 11 is 12.2. The van der Waals surface area contributed by atoms with Gasteiger partial charge in [-0.05, 0) is 67.5 Å². The van der Waals surface area contributed by atoms with E-state index in [0.29, 0.717) is 16.7 Å². The van der Waals surface area contributed by atoms with E-state index in [-0.39, 0.29) is 23.6 Å². The molecule has 2 fully saturated rings. The lowest BCUT2D eigenvalue weighted by Gasteiger charge is -2.26. The van der Waals surface area contributed by atoms with Gasteiger partial charge in [0, 0.05) is 16.4 Å². The van der Waals surface area contributed by atoms with Gasteiger partial charge in [-0.25, -0.2) is 8.42 Å². The second-order valence-electron chi connectivity index (χ2n) is 7.86. The van der Waals surface area contributed by atoms with Crippen LogP contribution in [0.25, 0.3) is 0 Å². The number of hydrogen-bond donors (Lipinski definition) is 0. The van der Waals surface area contributed by atoms with Crippen molar-refractivity contribution in [2.24, 2.45) is 0 Å². The first-order chi connectivity index (χ1) is 14.3. The predicted octanol–water partition coefficient (Wildman–Crippen LogP) is 4.60. The molecule has 0 N–H and O–H groups in total. The minimum atomic E-state index is -3.15. The molecule has 2 atom stereocenters. The highest BCUT2D eigenvalue weighted by Crippen LogP contribution is 2.39. The van der Waals surface area contributed by atoms with E-state index in [1.165, 1.54) is 0 Å². The van der Waals surface area contributed by atoms with Crippen molar-refractivity contribution in [2.75, 3.05) is 27.9 Å². The van der Waals surface area contributed by atoms with Gasteiger partial charge in [0.25, 0.3) is 0 Å². The first kappa shape index (κ1) is 21.4. The molecule has 2 aliphatic rings. The van der Waals surface area contributed by atoms with Crippen molar-refractivity contribution in [3.05, 3.63) is 53.1 Å². The number of thiocarbonyl (C=S) groups is 1. The van der Waals surface area contributed by atoms with Gasteiger partial charge in [0.2, 0.25) is 0 Å². The molecule has 2 aliphatic heterocycles. The van der Waals surface area contributed by atoms with Crippen LogP contribution in [0.5, 0.6) is 5.75 Å². The van der Waals surface area contributed by atoms with Crippen molar-refractivity contribution < 1.29 is 13.2 Å². The maximum Gasteiger partial charge on any atom is 0.181 e. The molecule has 5 nitrogen and oxygen atoms in total. The van der Waals surface area contributed by atoms with Gasteiger partial charge in [-0.3, -0.25) is 0 Å². The number of hydrogen-bond acceptors (Lipinski definition) is 4. The predicted molar refractivity (Wildman–Crippen MR) is 127 cm³/mol. The number of halogens is 1. The van der Waals surface area contributed by atoms with Crippen LogP contribution < -0.4 is 14.5 Å².